The molecule has 9 nitrogen and oxygen atoms in total. The molecule has 1 atom stereocenters. The summed E-state index contributed by atoms with van der Waals surface area (Å²) < 4.78 is 22.8. The van der Waals surface area contributed by atoms with Crippen molar-refractivity contribution < 1.29 is 27.9 Å². The van der Waals surface area contributed by atoms with Crippen LogP contribution >= 0.6 is 0 Å². The van der Waals surface area contributed by atoms with E-state index in [1.54, 1.807) is 6.08 Å². The third-order valence-corrected chi connectivity index (χ3v) is 8.23. The van der Waals surface area contributed by atoms with Gasteiger partial charge in [0.1, 0.15) is 30.1 Å². The number of hydrogen-bond donors (Lipinski definition) is 0. The molecule has 1 fully saturated rings. The molecule has 1 saturated heterocycles. The van der Waals surface area contributed by atoms with Crippen molar-refractivity contribution in [1.82, 2.24) is 14.9 Å². The Labute approximate surface area is 277 Å². The quantitative estimate of drug-likeness (QED) is 0.131. The van der Waals surface area contributed by atoms with Gasteiger partial charge in [0, 0.05) is 11.6 Å². The van der Waals surface area contributed by atoms with Crippen molar-refractivity contribution in [1.29, 1.82) is 0 Å². The number of rotatable bonds is 12. The molecule has 4 aromatic carbocycles. The molecular weight excluding hydrogens is 606 g/mol. The van der Waals surface area contributed by atoms with Crippen LogP contribution in [0.4, 0.5) is 4.79 Å². The largest absolute Gasteiger partial charge is 0.487 e. The molecule has 1 aliphatic heterocycles. The maximum atomic E-state index is 13.0. The molecule has 7 rings (SSSR count). The number of carbonyl (C=O) groups is 2. The summed E-state index contributed by atoms with van der Waals surface area (Å²) in [5.74, 6) is 2.04. The number of cyclic esters (lactones) is 1. The predicted octanol–water partition coefficient (Wildman–Crippen LogP) is 8.41. The molecule has 2 amide bonds. The summed E-state index contributed by atoms with van der Waals surface area (Å²) in [6, 6.07) is 31.9. The van der Waals surface area contributed by atoms with Crippen LogP contribution in [0.2, 0.25) is 0 Å². The van der Waals surface area contributed by atoms with Crippen molar-refractivity contribution in [2.45, 2.75) is 45.4 Å². The fourth-order valence-electron chi connectivity index (χ4n) is 5.59. The predicted molar refractivity (Wildman–Crippen MR) is 181 cm³/mol. The summed E-state index contributed by atoms with van der Waals surface area (Å²) in [4.78, 5) is 35.6. The van der Waals surface area contributed by atoms with Gasteiger partial charge in [0.15, 0.2) is 6.10 Å². The number of aromatic nitrogens is 2. The monoisotopic (exact) mass is 639 g/mol. The minimum Gasteiger partial charge on any atom is -0.487 e. The van der Waals surface area contributed by atoms with E-state index < -0.39 is 12.2 Å². The Balaban J connectivity index is 0.872. The van der Waals surface area contributed by atoms with E-state index in [9.17, 15) is 9.59 Å². The molecule has 3 heterocycles. The molecule has 0 aliphatic carbocycles. The van der Waals surface area contributed by atoms with E-state index in [1.807, 2.05) is 85.8 Å². The molecular formula is C39H33N3O6. The van der Waals surface area contributed by atoms with Gasteiger partial charge in [-0.1, -0.05) is 72.8 Å². The third-order valence-electron chi connectivity index (χ3n) is 8.23. The lowest BCUT2D eigenvalue weighted by Crippen LogP contribution is -2.31. The number of carbonyl (C=O) groups excluding carboxylic acids is 2. The van der Waals surface area contributed by atoms with Gasteiger partial charge in [-0.05, 0) is 78.4 Å². The van der Waals surface area contributed by atoms with Gasteiger partial charge >= 0.3 is 6.09 Å². The van der Waals surface area contributed by atoms with Crippen molar-refractivity contribution in [2.75, 3.05) is 0 Å². The highest BCUT2D eigenvalue weighted by Crippen LogP contribution is 2.27. The van der Waals surface area contributed by atoms with E-state index in [4.69, 9.17) is 18.3 Å². The molecule has 240 valence electrons. The summed E-state index contributed by atoms with van der Waals surface area (Å²) in [5, 5.41) is 2.30. The van der Waals surface area contributed by atoms with E-state index in [-0.39, 0.29) is 19.1 Å². The van der Waals surface area contributed by atoms with Crippen LogP contribution in [0.25, 0.3) is 34.4 Å². The zero-order valence-corrected chi connectivity index (χ0v) is 26.4. The molecule has 9 heteroatoms. The van der Waals surface area contributed by atoms with Crippen LogP contribution in [-0.4, -0.2) is 33.0 Å². The molecule has 0 spiro atoms. The first-order valence-electron chi connectivity index (χ1n) is 15.9. The van der Waals surface area contributed by atoms with E-state index in [2.05, 4.69) is 34.2 Å². The summed E-state index contributed by atoms with van der Waals surface area (Å²) in [6.07, 6.45) is 5.41. The fourth-order valence-corrected chi connectivity index (χ4v) is 5.59. The van der Waals surface area contributed by atoms with Crippen LogP contribution < -0.4 is 4.74 Å². The standard InChI is InChI=1S/C39H33N3O6/c1-26-34(41-37(47-26)31-18-17-29-11-5-6-12-30(29)22-31)25-45-33-19-14-28(15-20-33)10-7-13-35-38(43)42(39(44)48-35)23-32-24-46-36(40-32)21-16-27-8-3-2-4-9-27/h2-6,8-9,11-12,14-22,24,35H,7,10,13,23,25H2,1H3. The number of oxazole rings is 2. The minimum atomic E-state index is -0.811. The number of nitrogens with zero attached hydrogens (tertiary/aromatic N) is 3. The van der Waals surface area contributed by atoms with Crippen molar-refractivity contribution in [3.05, 3.63) is 137 Å². The van der Waals surface area contributed by atoms with E-state index in [1.165, 1.54) is 11.6 Å². The van der Waals surface area contributed by atoms with Crippen LogP contribution in [0, 0.1) is 6.92 Å². The lowest BCUT2D eigenvalue weighted by atomic mass is 10.1. The van der Waals surface area contributed by atoms with Gasteiger partial charge < -0.3 is 18.3 Å². The van der Waals surface area contributed by atoms with Crippen LogP contribution in [0.15, 0.2) is 112 Å². The van der Waals surface area contributed by atoms with Gasteiger partial charge in [0.25, 0.3) is 5.91 Å². The maximum Gasteiger partial charge on any atom is 0.417 e. The number of fused-ring (bicyclic) bond motifs is 1. The Kier molecular flexibility index (Phi) is 8.82. The molecule has 0 saturated carbocycles. The Bertz CT molecular complexity index is 2080. The van der Waals surface area contributed by atoms with E-state index in [0.29, 0.717) is 30.3 Å². The summed E-state index contributed by atoms with van der Waals surface area (Å²) in [7, 11) is 0. The maximum absolute atomic E-state index is 13.0. The van der Waals surface area contributed by atoms with Crippen LogP contribution in [-0.2, 0) is 29.1 Å². The number of imide groups is 1. The van der Waals surface area contributed by atoms with Crippen molar-refractivity contribution in [3.63, 3.8) is 0 Å². The average molecular weight is 640 g/mol. The molecule has 1 unspecified atom stereocenters. The third kappa shape index (κ3) is 7.05. The van der Waals surface area contributed by atoms with Gasteiger partial charge in [0.05, 0.1) is 12.2 Å². The first kappa shape index (κ1) is 30.7. The molecule has 48 heavy (non-hydrogen) atoms. The van der Waals surface area contributed by atoms with Crippen LogP contribution in [0.1, 0.15) is 47.0 Å². The number of amides is 2. The molecule has 6 aromatic rings. The van der Waals surface area contributed by atoms with Crippen molar-refractivity contribution in [2.24, 2.45) is 0 Å². The summed E-state index contributed by atoms with van der Waals surface area (Å²) in [6.45, 7) is 2.17. The lowest BCUT2D eigenvalue weighted by Gasteiger charge is -2.09. The average Bonchev–Trinajstić information content (AvgIpc) is 3.81. The van der Waals surface area contributed by atoms with Crippen LogP contribution in [0.3, 0.4) is 0 Å². The molecule has 0 radical (unpaired) electrons. The summed E-state index contributed by atoms with van der Waals surface area (Å²) in [5.41, 5.74) is 4.24. The Morgan fingerprint density at radius 3 is 2.50 bits per heavy atom. The summed E-state index contributed by atoms with van der Waals surface area (Å²) >= 11 is 0. The second-order valence-electron chi connectivity index (χ2n) is 11.6. The zero-order valence-electron chi connectivity index (χ0n) is 26.4. The zero-order chi connectivity index (χ0) is 32.9. The Morgan fingerprint density at radius 2 is 1.67 bits per heavy atom. The fraction of sp³-hybridized carbons (Fsp3) is 0.179. The lowest BCUT2D eigenvalue weighted by molar-refractivity contribution is -0.130. The second kappa shape index (κ2) is 13.8. The highest BCUT2D eigenvalue weighted by molar-refractivity contribution is 5.99. The molecule has 2 aromatic heterocycles. The van der Waals surface area contributed by atoms with Gasteiger partial charge in [-0.3, -0.25) is 4.79 Å². The molecule has 0 N–H and O–H groups in total. The van der Waals surface area contributed by atoms with Crippen LogP contribution in [0.5, 0.6) is 5.75 Å². The van der Waals surface area contributed by atoms with Crippen molar-refractivity contribution in [3.8, 4) is 17.2 Å². The first-order chi connectivity index (χ1) is 23.5. The number of aryl methyl sites for hydroxylation is 2. The minimum absolute atomic E-state index is 0.00305. The second-order valence-corrected chi connectivity index (χ2v) is 11.6. The Hall–Kier alpha value is -5.96. The highest BCUT2D eigenvalue weighted by atomic mass is 16.6. The van der Waals surface area contributed by atoms with Gasteiger partial charge in [-0.2, -0.15) is 0 Å². The van der Waals surface area contributed by atoms with Gasteiger partial charge in [-0.15, -0.1) is 0 Å². The number of benzene rings is 4. The molecule has 1 aliphatic rings. The normalized spacial score (nSPS) is 14.7. The topological polar surface area (TPSA) is 108 Å². The first-order valence-corrected chi connectivity index (χ1v) is 15.9. The van der Waals surface area contributed by atoms with Gasteiger partial charge in [-0.25, -0.2) is 19.7 Å². The van der Waals surface area contributed by atoms with Crippen molar-refractivity contribution >= 4 is 34.9 Å². The smallest absolute Gasteiger partial charge is 0.417 e. The van der Waals surface area contributed by atoms with Gasteiger partial charge in [0.2, 0.25) is 11.8 Å². The number of ether oxygens (including phenoxy) is 2. The highest BCUT2D eigenvalue weighted by Gasteiger charge is 2.40. The SMILES string of the molecule is Cc1oc(-c2ccc3ccccc3c2)nc1COc1ccc(CCCC2OC(=O)N(Cc3coc(C=Cc4ccccc4)n3)C2=O)cc1. The van der Waals surface area contributed by atoms with E-state index >= 15 is 0 Å². The van der Waals surface area contributed by atoms with E-state index in [0.717, 1.165) is 50.6 Å². The Morgan fingerprint density at radius 1 is 0.875 bits per heavy atom. The number of hydrogen-bond acceptors (Lipinski definition) is 8. The molecule has 0 bridgehead atoms.